The van der Waals surface area contributed by atoms with Crippen molar-refractivity contribution < 1.29 is 4.74 Å². The minimum Gasteiger partial charge on any atom is -0.373 e. The molecule has 0 aliphatic rings. The molecule has 1 nitrogen and oxygen atoms in total. The number of rotatable bonds is 6. The monoisotopic (exact) mass is 302 g/mol. The number of hydrogen-bond donors (Lipinski definition) is 0. The van der Waals surface area contributed by atoms with Crippen LogP contribution in [-0.2, 0) is 11.3 Å². The number of benzene rings is 3. The number of hydrogen-bond acceptors (Lipinski definition) is 1. The molecule has 116 valence electrons. The fourth-order valence-electron chi connectivity index (χ4n) is 2.95. The molecular formula is C22H22O. The summed E-state index contributed by atoms with van der Waals surface area (Å²) in [6.07, 6.45) is 0.0972. The average molecular weight is 302 g/mol. The predicted molar refractivity (Wildman–Crippen MR) is 95.4 cm³/mol. The summed E-state index contributed by atoms with van der Waals surface area (Å²) in [5.41, 5.74) is 3.79. The van der Waals surface area contributed by atoms with Crippen molar-refractivity contribution in [2.45, 2.75) is 25.6 Å². The van der Waals surface area contributed by atoms with Gasteiger partial charge in [0, 0.05) is 5.92 Å². The SMILES string of the molecule is CC(OCc1ccccc1)C(c1ccccc1)c1ccccc1. The fraction of sp³-hybridized carbons (Fsp3) is 0.182. The summed E-state index contributed by atoms with van der Waals surface area (Å²) in [6.45, 7) is 2.80. The van der Waals surface area contributed by atoms with Crippen LogP contribution in [0.2, 0.25) is 0 Å². The lowest BCUT2D eigenvalue weighted by Gasteiger charge is -2.25. The topological polar surface area (TPSA) is 9.23 Å². The van der Waals surface area contributed by atoms with Crippen LogP contribution in [0.5, 0.6) is 0 Å². The van der Waals surface area contributed by atoms with Crippen LogP contribution in [0.25, 0.3) is 0 Å². The maximum absolute atomic E-state index is 6.20. The van der Waals surface area contributed by atoms with Crippen molar-refractivity contribution in [1.82, 2.24) is 0 Å². The molecule has 0 saturated carbocycles. The van der Waals surface area contributed by atoms with Crippen molar-refractivity contribution in [2.75, 3.05) is 0 Å². The standard InChI is InChI=1S/C22H22O/c1-18(23-17-19-11-5-2-6-12-19)22(20-13-7-3-8-14-20)21-15-9-4-10-16-21/h2-16,18,22H,17H2,1H3. The van der Waals surface area contributed by atoms with Gasteiger partial charge in [0.15, 0.2) is 0 Å². The molecule has 0 heterocycles. The van der Waals surface area contributed by atoms with Gasteiger partial charge in [-0.05, 0) is 23.6 Å². The zero-order chi connectivity index (χ0) is 15.9. The molecular weight excluding hydrogens is 280 g/mol. The third-order valence-electron chi connectivity index (χ3n) is 4.14. The van der Waals surface area contributed by atoms with Gasteiger partial charge in [-0.15, -0.1) is 0 Å². The lowest BCUT2D eigenvalue weighted by molar-refractivity contribution is 0.0425. The van der Waals surface area contributed by atoms with E-state index < -0.39 is 0 Å². The summed E-state index contributed by atoms with van der Waals surface area (Å²) in [5, 5.41) is 0. The summed E-state index contributed by atoms with van der Waals surface area (Å²) in [6, 6.07) is 31.5. The average Bonchev–Trinajstić information content (AvgIpc) is 2.63. The first-order valence-corrected chi connectivity index (χ1v) is 8.10. The molecule has 0 saturated heterocycles. The molecule has 0 radical (unpaired) electrons. The maximum atomic E-state index is 6.20. The van der Waals surface area contributed by atoms with Gasteiger partial charge in [-0.2, -0.15) is 0 Å². The largest absolute Gasteiger partial charge is 0.373 e. The summed E-state index contributed by atoms with van der Waals surface area (Å²) in [5.74, 6) is 0.237. The Labute approximate surface area is 138 Å². The van der Waals surface area contributed by atoms with E-state index in [4.69, 9.17) is 4.74 Å². The summed E-state index contributed by atoms with van der Waals surface area (Å²) in [4.78, 5) is 0. The van der Waals surface area contributed by atoms with Crippen LogP contribution in [0.3, 0.4) is 0 Å². The van der Waals surface area contributed by atoms with Crippen LogP contribution in [0, 0.1) is 0 Å². The van der Waals surface area contributed by atoms with Crippen molar-refractivity contribution in [3.05, 3.63) is 108 Å². The highest BCUT2D eigenvalue weighted by Crippen LogP contribution is 2.30. The molecule has 3 rings (SSSR count). The highest BCUT2D eigenvalue weighted by Gasteiger charge is 2.21. The van der Waals surface area contributed by atoms with Crippen LogP contribution in [0.15, 0.2) is 91.0 Å². The van der Waals surface area contributed by atoms with Crippen molar-refractivity contribution >= 4 is 0 Å². The van der Waals surface area contributed by atoms with Crippen molar-refractivity contribution in [1.29, 1.82) is 0 Å². The molecule has 0 fully saturated rings. The molecule has 0 aromatic heterocycles. The number of ether oxygens (including phenoxy) is 1. The van der Waals surface area contributed by atoms with Crippen LogP contribution in [-0.4, -0.2) is 6.10 Å². The van der Waals surface area contributed by atoms with E-state index in [1.165, 1.54) is 16.7 Å². The molecule has 0 bridgehead atoms. The molecule has 0 aliphatic carbocycles. The second-order valence-electron chi connectivity index (χ2n) is 5.80. The first-order valence-electron chi connectivity index (χ1n) is 8.10. The Balaban J connectivity index is 1.80. The molecule has 0 amide bonds. The first kappa shape index (κ1) is 15.5. The third-order valence-corrected chi connectivity index (χ3v) is 4.14. The van der Waals surface area contributed by atoms with E-state index in [1.54, 1.807) is 0 Å². The summed E-state index contributed by atoms with van der Waals surface area (Å²) >= 11 is 0. The van der Waals surface area contributed by atoms with Gasteiger partial charge in [-0.3, -0.25) is 0 Å². The Hall–Kier alpha value is -2.38. The van der Waals surface area contributed by atoms with Gasteiger partial charge in [0.25, 0.3) is 0 Å². The van der Waals surface area contributed by atoms with Crippen LogP contribution >= 0.6 is 0 Å². The molecule has 0 N–H and O–H groups in total. The van der Waals surface area contributed by atoms with Gasteiger partial charge >= 0.3 is 0 Å². The smallest absolute Gasteiger partial charge is 0.0720 e. The van der Waals surface area contributed by atoms with Gasteiger partial charge < -0.3 is 4.74 Å². The Kier molecular flexibility index (Phi) is 5.23. The maximum Gasteiger partial charge on any atom is 0.0720 e. The van der Waals surface area contributed by atoms with Gasteiger partial charge in [0.2, 0.25) is 0 Å². The molecule has 1 atom stereocenters. The molecule has 23 heavy (non-hydrogen) atoms. The van der Waals surface area contributed by atoms with Gasteiger partial charge in [0.05, 0.1) is 12.7 Å². The summed E-state index contributed by atoms with van der Waals surface area (Å²) < 4.78 is 6.20. The minimum absolute atomic E-state index is 0.0972. The highest BCUT2D eigenvalue weighted by atomic mass is 16.5. The molecule has 0 aliphatic heterocycles. The quantitative estimate of drug-likeness (QED) is 0.590. The Bertz CT molecular complexity index is 652. The van der Waals surface area contributed by atoms with E-state index in [1.807, 2.05) is 6.07 Å². The Morgan fingerprint density at radius 1 is 0.652 bits per heavy atom. The van der Waals surface area contributed by atoms with E-state index in [-0.39, 0.29) is 12.0 Å². The highest BCUT2D eigenvalue weighted by molar-refractivity contribution is 5.33. The predicted octanol–water partition coefficient (Wildman–Crippen LogP) is 5.42. The third kappa shape index (κ3) is 4.08. The molecule has 3 aromatic rings. The van der Waals surface area contributed by atoms with E-state index in [9.17, 15) is 0 Å². The lowest BCUT2D eigenvalue weighted by Crippen LogP contribution is -2.20. The van der Waals surface area contributed by atoms with Gasteiger partial charge in [0.1, 0.15) is 0 Å². The van der Waals surface area contributed by atoms with Crippen LogP contribution in [0.4, 0.5) is 0 Å². The zero-order valence-corrected chi connectivity index (χ0v) is 13.4. The minimum atomic E-state index is 0.0972. The second kappa shape index (κ2) is 7.75. The van der Waals surface area contributed by atoms with Gasteiger partial charge in [-0.25, -0.2) is 0 Å². The van der Waals surface area contributed by atoms with Crippen LogP contribution in [0.1, 0.15) is 29.5 Å². The van der Waals surface area contributed by atoms with Crippen molar-refractivity contribution in [2.24, 2.45) is 0 Å². The normalized spacial score (nSPS) is 12.3. The van der Waals surface area contributed by atoms with E-state index in [0.717, 1.165) is 0 Å². The van der Waals surface area contributed by atoms with E-state index >= 15 is 0 Å². The fourth-order valence-corrected chi connectivity index (χ4v) is 2.95. The second-order valence-corrected chi connectivity index (χ2v) is 5.80. The Morgan fingerprint density at radius 3 is 1.57 bits per heavy atom. The lowest BCUT2D eigenvalue weighted by atomic mass is 9.87. The zero-order valence-electron chi connectivity index (χ0n) is 13.4. The molecule has 3 aromatic carbocycles. The first-order chi connectivity index (χ1) is 11.3. The molecule has 1 heteroatoms. The van der Waals surface area contributed by atoms with E-state index in [0.29, 0.717) is 6.61 Å². The van der Waals surface area contributed by atoms with Crippen molar-refractivity contribution in [3.8, 4) is 0 Å². The molecule has 1 unspecified atom stereocenters. The Morgan fingerprint density at radius 2 is 1.09 bits per heavy atom. The molecule has 0 spiro atoms. The van der Waals surface area contributed by atoms with Crippen molar-refractivity contribution in [3.63, 3.8) is 0 Å². The van der Waals surface area contributed by atoms with E-state index in [2.05, 4.69) is 91.9 Å². The summed E-state index contributed by atoms with van der Waals surface area (Å²) in [7, 11) is 0. The van der Waals surface area contributed by atoms with Gasteiger partial charge in [-0.1, -0.05) is 91.0 Å². The van der Waals surface area contributed by atoms with Crippen LogP contribution < -0.4 is 0 Å².